The van der Waals surface area contributed by atoms with Crippen molar-refractivity contribution in [1.29, 1.82) is 0 Å². The largest absolute Gasteiger partial charge is 0.486 e. The van der Waals surface area contributed by atoms with Gasteiger partial charge in [-0.05, 0) is 88.6 Å². The topological polar surface area (TPSA) is 56.7 Å². The van der Waals surface area contributed by atoms with E-state index in [1.807, 2.05) is 37.3 Å². The van der Waals surface area contributed by atoms with Crippen molar-refractivity contribution < 1.29 is 24.5 Å². The quantitative estimate of drug-likeness (QED) is 0.112. The summed E-state index contributed by atoms with van der Waals surface area (Å²) in [5.74, 6) is 1.44. The number of hydrogen-bond donors (Lipinski definition) is 0. The van der Waals surface area contributed by atoms with E-state index in [0.29, 0.717) is 11.6 Å². The van der Waals surface area contributed by atoms with Crippen LogP contribution in [-0.4, -0.2) is 27.6 Å². The molecule has 0 spiro atoms. The maximum Gasteiger partial charge on any atom is 0.216 e. The molecule has 0 unspecified atom stereocenters. The Morgan fingerprint density at radius 3 is 1.99 bits per heavy atom. The van der Waals surface area contributed by atoms with Crippen molar-refractivity contribution in [1.82, 2.24) is 19.5 Å². The molecule has 10 aromatic rings. The van der Waals surface area contributed by atoms with E-state index in [4.69, 9.17) is 14.4 Å². The van der Waals surface area contributed by atoms with Gasteiger partial charge in [-0.2, -0.15) is 0 Å². The van der Waals surface area contributed by atoms with Gasteiger partial charge >= 0.3 is 0 Å². The van der Waals surface area contributed by atoms with Crippen molar-refractivity contribution in [3.05, 3.63) is 186 Å². The maximum absolute atomic E-state index is 6.58. The van der Waals surface area contributed by atoms with E-state index in [2.05, 4.69) is 204 Å². The van der Waals surface area contributed by atoms with E-state index in [1.54, 1.807) is 0 Å². The number of rotatable bonds is 8. The van der Waals surface area contributed by atoms with Gasteiger partial charge in [0, 0.05) is 48.5 Å². The maximum atomic E-state index is 6.58. The molecule has 0 N–H and O–H groups in total. The zero-order chi connectivity index (χ0) is 46.3. The van der Waals surface area contributed by atoms with Gasteiger partial charge in [0.25, 0.3) is 0 Å². The van der Waals surface area contributed by atoms with Crippen molar-refractivity contribution >= 4 is 46.4 Å². The summed E-state index contributed by atoms with van der Waals surface area (Å²) in [7, 11) is -1.34. The summed E-state index contributed by atoms with van der Waals surface area (Å²) in [6, 6.07) is 57.9. The molecule has 0 saturated carbocycles. The van der Waals surface area contributed by atoms with E-state index in [9.17, 15) is 0 Å². The zero-order valence-corrected chi connectivity index (χ0v) is 43.6. The Morgan fingerprint density at radius 2 is 1.37 bits per heavy atom. The average Bonchev–Trinajstić information content (AvgIpc) is 3.88. The number of aryl methyl sites for hydroxylation is 2. The van der Waals surface area contributed by atoms with Gasteiger partial charge in [-0.1, -0.05) is 157 Å². The standard InChI is InChI=1S/C42H34N3O.C18H24NSi.Ir/c1-26-20-22-32(39-37(26)31-23-21-27(2)43-41(31)46-39)40-44-35-18-12-13-19-36(35)45(40)38-33(28-14-8-6-9-15-28)24-30(42(3,4)5)25-34(38)29-16-10-7-11-17-29;1-14(2)11-16-12-17(15-9-7-6-8-10-15)19-13-18(16)20(3,4)5;/h6-21,23-25H,1-5H3;6-9,12-14H,11H2,1-5H3;/q2*-1;. The van der Waals surface area contributed by atoms with Gasteiger partial charge in [-0.15, -0.1) is 53.6 Å². The molecule has 0 aliphatic heterocycles. The van der Waals surface area contributed by atoms with Crippen LogP contribution in [0.3, 0.4) is 0 Å². The number of furan rings is 1. The molecule has 7 heteroatoms. The van der Waals surface area contributed by atoms with Crippen LogP contribution in [0.5, 0.6) is 0 Å². The summed E-state index contributed by atoms with van der Waals surface area (Å²) in [6.45, 7) is 22.7. The van der Waals surface area contributed by atoms with Gasteiger partial charge in [0.1, 0.15) is 0 Å². The molecular weight excluding hydrogens is 1010 g/mol. The Balaban J connectivity index is 0.000000244. The fourth-order valence-electron chi connectivity index (χ4n) is 9.01. The molecule has 4 aromatic heterocycles. The Bertz CT molecular complexity index is 3280. The van der Waals surface area contributed by atoms with Crippen LogP contribution in [0.15, 0.2) is 156 Å². The van der Waals surface area contributed by atoms with Crippen molar-refractivity contribution in [3.63, 3.8) is 0 Å². The van der Waals surface area contributed by atoms with Gasteiger partial charge < -0.3 is 14.0 Å². The van der Waals surface area contributed by atoms with E-state index in [0.717, 1.165) is 95.7 Å². The number of pyridine rings is 2. The molecule has 10 rings (SSSR count). The van der Waals surface area contributed by atoms with Crippen LogP contribution in [0.2, 0.25) is 19.6 Å². The molecule has 339 valence electrons. The minimum Gasteiger partial charge on any atom is -0.486 e. The van der Waals surface area contributed by atoms with Crippen LogP contribution in [0.4, 0.5) is 0 Å². The fourth-order valence-corrected chi connectivity index (χ4v) is 10.6. The first-order valence-corrected chi connectivity index (χ1v) is 26.6. The zero-order valence-electron chi connectivity index (χ0n) is 40.2. The molecule has 0 atom stereocenters. The second-order valence-electron chi connectivity index (χ2n) is 20.0. The second kappa shape index (κ2) is 19.2. The van der Waals surface area contributed by atoms with Gasteiger partial charge in [0.15, 0.2) is 0 Å². The third-order valence-corrected chi connectivity index (χ3v) is 14.4. The summed E-state index contributed by atoms with van der Waals surface area (Å²) >= 11 is 0. The monoisotopic (exact) mass is 1070 g/mol. The van der Waals surface area contributed by atoms with Crippen LogP contribution in [0.1, 0.15) is 57.0 Å². The van der Waals surface area contributed by atoms with Crippen molar-refractivity contribution in [2.45, 2.75) is 79.9 Å². The molecule has 0 amide bonds. The number of nitrogens with zero attached hydrogens (tertiary/aromatic N) is 4. The summed E-state index contributed by atoms with van der Waals surface area (Å²) in [4.78, 5) is 14.8. The summed E-state index contributed by atoms with van der Waals surface area (Å²) in [6.07, 6.45) is 3.24. The predicted octanol–water partition coefficient (Wildman–Crippen LogP) is 15.3. The van der Waals surface area contributed by atoms with Crippen LogP contribution < -0.4 is 5.19 Å². The van der Waals surface area contributed by atoms with Crippen LogP contribution in [-0.2, 0) is 31.9 Å². The number of fused-ring (bicyclic) bond motifs is 4. The van der Waals surface area contributed by atoms with Crippen LogP contribution in [0, 0.1) is 31.9 Å². The second-order valence-corrected chi connectivity index (χ2v) is 25.0. The van der Waals surface area contributed by atoms with E-state index in [-0.39, 0.29) is 25.5 Å². The molecule has 0 aliphatic carbocycles. The van der Waals surface area contributed by atoms with Crippen molar-refractivity contribution in [2.24, 2.45) is 5.92 Å². The Kier molecular flexibility index (Phi) is 13.5. The normalized spacial score (nSPS) is 11.8. The molecule has 4 heterocycles. The molecule has 6 aromatic carbocycles. The fraction of sp³-hybridized carbons (Fsp3) is 0.217. The van der Waals surface area contributed by atoms with Gasteiger partial charge in [-0.25, -0.2) is 4.98 Å². The summed E-state index contributed by atoms with van der Waals surface area (Å²) in [5.41, 5.74) is 16.6. The predicted molar refractivity (Wildman–Crippen MR) is 279 cm³/mol. The van der Waals surface area contributed by atoms with Gasteiger partial charge in [0.05, 0.1) is 36.2 Å². The summed E-state index contributed by atoms with van der Waals surface area (Å²) < 4.78 is 8.90. The molecule has 0 bridgehead atoms. The number of hydrogen-bond acceptors (Lipinski definition) is 4. The van der Waals surface area contributed by atoms with Crippen molar-refractivity contribution in [3.8, 4) is 50.6 Å². The molecule has 5 nitrogen and oxygen atoms in total. The first-order chi connectivity index (χ1) is 31.7. The minimum atomic E-state index is -1.34. The van der Waals surface area contributed by atoms with E-state index < -0.39 is 8.07 Å². The van der Waals surface area contributed by atoms with E-state index in [1.165, 1.54) is 16.3 Å². The smallest absolute Gasteiger partial charge is 0.216 e. The first kappa shape index (κ1) is 47.3. The molecule has 0 aliphatic rings. The Morgan fingerprint density at radius 1 is 0.731 bits per heavy atom. The Hall–Kier alpha value is -6.24. The van der Waals surface area contributed by atoms with Gasteiger partial charge in [-0.3, -0.25) is 4.98 Å². The third-order valence-electron chi connectivity index (χ3n) is 12.3. The van der Waals surface area contributed by atoms with Crippen LogP contribution >= 0.6 is 0 Å². The van der Waals surface area contributed by atoms with E-state index >= 15 is 0 Å². The third kappa shape index (κ3) is 9.65. The van der Waals surface area contributed by atoms with Crippen LogP contribution in [0.25, 0.3) is 83.7 Å². The van der Waals surface area contributed by atoms with Crippen molar-refractivity contribution in [2.75, 3.05) is 0 Å². The summed E-state index contributed by atoms with van der Waals surface area (Å²) in [5, 5.41) is 3.54. The number of para-hydroxylation sites is 2. The average molecular weight is 1070 g/mol. The molecular formula is C60H58IrN4OSi-2. The number of imidazole rings is 1. The number of benzene rings is 6. The SMILES string of the molecule is CC(C)Cc1cc(-c2[c-]cccc2)ncc1[Si](C)(C)C.Cc1ccc2c(n1)oc1c(-c3nc4ccccc4n3-c3c(-c4ccccc4)cc(C(C)(C)C)cc3-c3ccccc3)[c-]cc(C)c12.[Ir]. The molecule has 67 heavy (non-hydrogen) atoms. The molecule has 0 saturated heterocycles. The Labute approximate surface area is 410 Å². The molecule has 1 radical (unpaired) electrons. The van der Waals surface area contributed by atoms with Gasteiger partial charge in [0.2, 0.25) is 5.71 Å². The molecule has 0 fully saturated rings. The first-order valence-electron chi connectivity index (χ1n) is 23.1. The number of aromatic nitrogens is 4. The minimum absolute atomic E-state index is 0.